The van der Waals surface area contributed by atoms with Crippen molar-refractivity contribution in [2.75, 3.05) is 6.61 Å². The lowest BCUT2D eigenvalue weighted by Crippen LogP contribution is -2.12. The highest BCUT2D eigenvalue weighted by Crippen LogP contribution is 2.25. The fraction of sp³-hybridized carbons (Fsp3) is 0.167. The molecule has 0 unspecified atom stereocenters. The van der Waals surface area contributed by atoms with Gasteiger partial charge in [0.2, 0.25) is 0 Å². The molecule has 0 fully saturated rings. The third kappa shape index (κ3) is 2.79. The van der Waals surface area contributed by atoms with E-state index in [0.29, 0.717) is 6.21 Å². The molecule has 0 aliphatic carbocycles. The minimum atomic E-state index is -2.14. The number of esters is 1. The van der Waals surface area contributed by atoms with Gasteiger partial charge in [0, 0.05) is 6.21 Å². The molecule has 0 radical (unpaired) electrons. The van der Waals surface area contributed by atoms with Crippen LogP contribution in [0.1, 0.15) is 12.5 Å². The Balaban J connectivity index is 3.50. The smallest absolute Gasteiger partial charge is 0.343 e. The average molecular weight is 291 g/mol. The lowest BCUT2D eigenvalue weighted by molar-refractivity contribution is -0.137. The summed E-state index contributed by atoms with van der Waals surface area (Å²) in [6.45, 7) is 1.34. The molecule has 20 heavy (non-hydrogen) atoms. The van der Waals surface area contributed by atoms with E-state index >= 15 is 0 Å². The first-order chi connectivity index (χ1) is 9.34. The van der Waals surface area contributed by atoms with Crippen LogP contribution in [0.5, 0.6) is 0 Å². The predicted molar refractivity (Wildman–Crippen MR) is 61.2 cm³/mol. The zero-order valence-electron chi connectivity index (χ0n) is 10.1. The van der Waals surface area contributed by atoms with Crippen LogP contribution in [-0.4, -0.2) is 23.9 Å². The zero-order valence-corrected chi connectivity index (χ0v) is 10.1. The van der Waals surface area contributed by atoms with Gasteiger partial charge in [-0.05, 0) is 13.0 Å². The summed E-state index contributed by atoms with van der Waals surface area (Å²) in [5.41, 5.74) is -1.91. The molecule has 0 spiro atoms. The van der Waals surface area contributed by atoms with Crippen molar-refractivity contribution >= 4 is 17.9 Å². The van der Waals surface area contributed by atoms with Gasteiger partial charge in [-0.15, -0.1) is 0 Å². The highest BCUT2D eigenvalue weighted by atomic mass is 19.2. The molecule has 0 saturated heterocycles. The van der Waals surface area contributed by atoms with E-state index in [1.54, 1.807) is 0 Å². The van der Waals surface area contributed by atoms with Gasteiger partial charge in [-0.1, -0.05) is 0 Å². The summed E-state index contributed by atoms with van der Waals surface area (Å²) in [5, 5.41) is 16.6. The Hall–Kier alpha value is -2.38. The van der Waals surface area contributed by atoms with Crippen LogP contribution in [0.3, 0.4) is 0 Å². The molecule has 0 heterocycles. The molecule has 1 rings (SSSR count). The molecule has 0 saturated carbocycles. The van der Waals surface area contributed by atoms with Gasteiger partial charge in [0.25, 0.3) is 0 Å². The Morgan fingerprint density at radius 1 is 1.30 bits per heavy atom. The molecule has 2 N–H and O–H groups in total. The molecular formula is C12H9F4NO3. The fourth-order valence-electron chi connectivity index (χ4n) is 1.32. The van der Waals surface area contributed by atoms with Gasteiger partial charge in [-0.25, -0.2) is 22.4 Å². The largest absolute Gasteiger partial charge is 0.506 e. The van der Waals surface area contributed by atoms with Crippen LogP contribution in [0.15, 0.2) is 11.6 Å². The highest BCUT2D eigenvalue weighted by molar-refractivity contribution is 6.14. The van der Waals surface area contributed by atoms with Gasteiger partial charge in [0.15, 0.2) is 23.3 Å². The van der Waals surface area contributed by atoms with Crippen molar-refractivity contribution in [1.82, 2.24) is 0 Å². The number of halogens is 4. The van der Waals surface area contributed by atoms with Crippen LogP contribution in [-0.2, 0) is 9.53 Å². The molecule has 1 aromatic rings. The molecule has 0 aliphatic rings. The maximum absolute atomic E-state index is 13.4. The maximum atomic E-state index is 13.4. The number of carbonyl (C=O) groups is 1. The van der Waals surface area contributed by atoms with Crippen molar-refractivity contribution in [2.24, 2.45) is 0 Å². The molecule has 4 nitrogen and oxygen atoms in total. The number of aliphatic hydroxyl groups excluding tert-OH is 1. The molecule has 0 bridgehead atoms. The SMILES string of the molecule is CCOC(=O)/C(C=N)=C(/O)c1cc(F)c(F)c(F)c1F. The molecule has 0 aliphatic heterocycles. The van der Waals surface area contributed by atoms with Crippen molar-refractivity contribution in [3.63, 3.8) is 0 Å². The third-order valence-electron chi connectivity index (χ3n) is 2.25. The second-order valence-corrected chi connectivity index (χ2v) is 3.47. The van der Waals surface area contributed by atoms with E-state index in [-0.39, 0.29) is 12.7 Å². The summed E-state index contributed by atoms with van der Waals surface area (Å²) in [4.78, 5) is 11.4. The van der Waals surface area contributed by atoms with Crippen LogP contribution in [0.25, 0.3) is 5.76 Å². The van der Waals surface area contributed by atoms with Crippen LogP contribution >= 0.6 is 0 Å². The van der Waals surface area contributed by atoms with Crippen molar-refractivity contribution in [3.05, 3.63) is 40.5 Å². The average Bonchev–Trinajstić information content (AvgIpc) is 2.41. The minimum Gasteiger partial charge on any atom is -0.506 e. The molecule has 0 atom stereocenters. The van der Waals surface area contributed by atoms with Crippen molar-refractivity contribution in [1.29, 1.82) is 5.41 Å². The molecular weight excluding hydrogens is 282 g/mol. The number of carbonyl (C=O) groups excluding carboxylic acids is 1. The summed E-state index contributed by atoms with van der Waals surface area (Å²) >= 11 is 0. The second kappa shape index (κ2) is 6.18. The van der Waals surface area contributed by atoms with Crippen LogP contribution in [0.2, 0.25) is 0 Å². The topological polar surface area (TPSA) is 70.4 Å². The fourth-order valence-corrected chi connectivity index (χ4v) is 1.32. The van der Waals surface area contributed by atoms with Crippen LogP contribution < -0.4 is 0 Å². The summed E-state index contributed by atoms with van der Waals surface area (Å²) < 4.78 is 56.7. The molecule has 0 amide bonds. The normalized spacial score (nSPS) is 11.8. The van der Waals surface area contributed by atoms with E-state index in [4.69, 9.17) is 5.41 Å². The molecule has 108 valence electrons. The first-order valence-electron chi connectivity index (χ1n) is 5.29. The van der Waals surface area contributed by atoms with Crippen molar-refractivity contribution in [2.45, 2.75) is 6.92 Å². The Morgan fingerprint density at radius 2 is 1.90 bits per heavy atom. The van der Waals surface area contributed by atoms with Gasteiger partial charge < -0.3 is 15.3 Å². The van der Waals surface area contributed by atoms with Crippen LogP contribution in [0, 0.1) is 28.7 Å². The van der Waals surface area contributed by atoms with Gasteiger partial charge in [0.05, 0.1) is 12.2 Å². The monoisotopic (exact) mass is 291 g/mol. The number of benzene rings is 1. The molecule has 8 heteroatoms. The summed E-state index contributed by atoms with van der Waals surface area (Å²) in [5.74, 6) is -10.2. The first kappa shape index (κ1) is 15.7. The van der Waals surface area contributed by atoms with E-state index in [1.165, 1.54) is 6.92 Å². The summed E-state index contributed by atoms with van der Waals surface area (Å²) in [6, 6.07) is 0.172. The number of hydrogen-bond acceptors (Lipinski definition) is 4. The Kier molecular flexibility index (Phi) is 4.84. The van der Waals surface area contributed by atoms with Crippen molar-refractivity contribution < 1.29 is 32.2 Å². The Bertz CT molecular complexity index is 599. The number of hydrogen-bond donors (Lipinski definition) is 2. The lowest BCUT2D eigenvalue weighted by atomic mass is 10.1. The standard InChI is InChI=1S/C12H9F4NO3/c1-2-20-12(19)6(4-17)11(18)5-3-7(13)9(15)10(16)8(5)14/h3-4,17-18H,2H2,1H3/b11-6+,17-4?. The quantitative estimate of drug-likeness (QED) is 0.170. The van der Waals surface area contributed by atoms with E-state index < -0.39 is 46.1 Å². The lowest BCUT2D eigenvalue weighted by Gasteiger charge is -2.08. The van der Waals surface area contributed by atoms with Gasteiger partial charge in [-0.2, -0.15) is 0 Å². The molecule has 0 aromatic heterocycles. The maximum Gasteiger partial charge on any atom is 0.343 e. The van der Waals surface area contributed by atoms with Gasteiger partial charge >= 0.3 is 5.97 Å². The highest BCUT2D eigenvalue weighted by Gasteiger charge is 2.24. The van der Waals surface area contributed by atoms with E-state index in [1.807, 2.05) is 0 Å². The number of aliphatic hydroxyl groups is 1. The van der Waals surface area contributed by atoms with E-state index in [0.717, 1.165) is 0 Å². The van der Waals surface area contributed by atoms with Gasteiger partial charge in [0.1, 0.15) is 11.3 Å². The molecule has 1 aromatic carbocycles. The number of ether oxygens (including phenoxy) is 1. The van der Waals surface area contributed by atoms with Crippen molar-refractivity contribution in [3.8, 4) is 0 Å². The van der Waals surface area contributed by atoms with Gasteiger partial charge in [-0.3, -0.25) is 0 Å². The summed E-state index contributed by atoms with van der Waals surface area (Å²) in [7, 11) is 0. The predicted octanol–water partition coefficient (Wildman–Crippen LogP) is 2.72. The summed E-state index contributed by atoms with van der Waals surface area (Å²) in [6.07, 6.45) is 0.325. The number of rotatable bonds is 4. The zero-order chi connectivity index (χ0) is 15.4. The van der Waals surface area contributed by atoms with E-state index in [9.17, 15) is 27.5 Å². The van der Waals surface area contributed by atoms with Crippen LogP contribution in [0.4, 0.5) is 17.6 Å². The Labute approximate surface area is 110 Å². The van der Waals surface area contributed by atoms with E-state index in [2.05, 4.69) is 4.74 Å². The number of nitrogens with one attached hydrogen (secondary N) is 1. The first-order valence-corrected chi connectivity index (χ1v) is 5.29. The minimum absolute atomic E-state index is 0.0991. The Morgan fingerprint density at radius 3 is 2.40 bits per heavy atom. The second-order valence-electron chi connectivity index (χ2n) is 3.47. The third-order valence-corrected chi connectivity index (χ3v) is 2.25.